The molecule has 1 aliphatic heterocycles. The summed E-state index contributed by atoms with van der Waals surface area (Å²) < 4.78 is 2.01. The van der Waals surface area contributed by atoms with Crippen molar-refractivity contribution in [2.75, 3.05) is 0 Å². The van der Waals surface area contributed by atoms with Gasteiger partial charge in [-0.05, 0) is 38.5 Å². The zero-order chi connectivity index (χ0) is 20.2. The van der Waals surface area contributed by atoms with Crippen LogP contribution in [0.25, 0.3) is 5.00 Å². The molecule has 2 N–H and O–H groups in total. The van der Waals surface area contributed by atoms with E-state index in [2.05, 4.69) is 24.0 Å². The maximum absolute atomic E-state index is 11.7. The summed E-state index contributed by atoms with van der Waals surface area (Å²) in [5.41, 5.74) is 2.78. The lowest BCUT2D eigenvalue weighted by Gasteiger charge is -2.18. The van der Waals surface area contributed by atoms with Crippen LogP contribution in [0.3, 0.4) is 0 Å². The van der Waals surface area contributed by atoms with Crippen LogP contribution in [0.2, 0.25) is 5.02 Å². The van der Waals surface area contributed by atoms with Crippen molar-refractivity contribution in [1.29, 1.82) is 0 Å². The third-order valence-electron chi connectivity index (χ3n) is 5.13. The van der Waals surface area contributed by atoms with Crippen molar-refractivity contribution in [2.24, 2.45) is 4.99 Å². The van der Waals surface area contributed by atoms with Crippen LogP contribution in [0.15, 0.2) is 29.3 Å². The first-order chi connectivity index (χ1) is 13.2. The lowest BCUT2D eigenvalue weighted by molar-refractivity contribution is -0.611. The average molecular weight is 416 g/mol. The number of aromatic amines is 1. The van der Waals surface area contributed by atoms with Crippen LogP contribution in [0.5, 0.6) is 0 Å². The Kier molecular flexibility index (Phi) is 4.39. The number of rotatable bonds is 3. The fraction of sp³-hybridized carbons (Fsp3) is 0.300. The molecule has 1 atom stereocenters. The Morgan fingerprint density at radius 2 is 1.96 bits per heavy atom. The molecule has 2 aromatic heterocycles. The Morgan fingerprint density at radius 1 is 1.29 bits per heavy atom. The summed E-state index contributed by atoms with van der Waals surface area (Å²) in [6, 6.07) is 7.49. The molecule has 144 valence electrons. The van der Waals surface area contributed by atoms with Gasteiger partial charge in [0.15, 0.2) is 10.5 Å². The number of carbonyl (C=O) groups is 1. The molecule has 0 saturated carbocycles. The summed E-state index contributed by atoms with van der Waals surface area (Å²) in [5.74, 6) is 0.507. The Labute approximate surface area is 171 Å². The maximum atomic E-state index is 11.7. The van der Waals surface area contributed by atoms with E-state index >= 15 is 0 Å². The molecule has 0 bridgehead atoms. The second-order valence-corrected chi connectivity index (χ2v) is 8.88. The Hall–Kier alpha value is -2.51. The van der Waals surface area contributed by atoms with Crippen LogP contribution in [-0.2, 0) is 10.3 Å². The van der Waals surface area contributed by atoms with Crippen LogP contribution in [-0.4, -0.2) is 27.0 Å². The van der Waals surface area contributed by atoms with Gasteiger partial charge in [-0.1, -0.05) is 23.7 Å². The number of fused-ring (bicyclic) bond motifs is 3. The highest BCUT2D eigenvalue weighted by molar-refractivity contribution is 7.14. The molecular formula is C20H20ClN4O2S+. The molecule has 3 heterocycles. The van der Waals surface area contributed by atoms with Gasteiger partial charge in [-0.25, -0.2) is 0 Å². The highest BCUT2D eigenvalue weighted by Gasteiger charge is 2.45. The third-order valence-corrected chi connectivity index (χ3v) is 6.58. The van der Waals surface area contributed by atoms with Gasteiger partial charge >= 0.3 is 11.8 Å². The number of H-pyrrole nitrogens is 1. The minimum Gasteiger partial charge on any atom is -0.481 e. The third kappa shape index (κ3) is 2.86. The first-order valence-electron chi connectivity index (χ1n) is 8.87. The van der Waals surface area contributed by atoms with E-state index < -0.39 is 11.5 Å². The van der Waals surface area contributed by atoms with Crippen LogP contribution in [0.4, 0.5) is 0 Å². The van der Waals surface area contributed by atoms with Crippen LogP contribution in [0, 0.1) is 20.8 Å². The zero-order valence-corrected chi connectivity index (χ0v) is 17.6. The zero-order valence-electron chi connectivity index (χ0n) is 16.0. The number of hydrogen-bond acceptors (Lipinski definition) is 4. The number of hydrogen-bond donors (Lipinski definition) is 2. The average Bonchev–Trinajstić information content (AvgIpc) is 3.11. The number of carboxylic acids is 1. The van der Waals surface area contributed by atoms with Crippen molar-refractivity contribution < 1.29 is 14.5 Å². The first-order valence-corrected chi connectivity index (χ1v) is 10.1. The fourth-order valence-electron chi connectivity index (χ4n) is 3.63. The summed E-state index contributed by atoms with van der Waals surface area (Å²) in [5, 5.41) is 18.7. The second kappa shape index (κ2) is 6.53. The van der Waals surface area contributed by atoms with E-state index in [9.17, 15) is 9.90 Å². The number of nitrogens with zero attached hydrogens (tertiary/aromatic N) is 3. The van der Waals surface area contributed by atoms with E-state index in [1.54, 1.807) is 11.3 Å². The number of nitrogens with one attached hydrogen (secondary N) is 1. The molecule has 1 aliphatic rings. The monoisotopic (exact) mass is 415 g/mol. The molecule has 4 rings (SSSR count). The first kappa shape index (κ1) is 18.8. The molecule has 0 fully saturated rings. The summed E-state index contributed by atoms with van der Waals surface area (Å²) in [7, 11) is 0. The number of halogens is 1. The van der Waals surface area contributed by atoms with Gasteiger partial charge in [-0.3, -0.25) is 9.79 Å². The number of carboxylic acid groups (broad SMARTS) is 1. The van der Waals surface area contributed by atoms with Crippen molar-refractivity contribution in [3.05, 3.63) is 62.5 Å². The van der Waals surface area contributed by atoms with Crippen molar-refractivity contribution >= 4 is 34.6 Å². The number of benzene rings is 1. The van der Waals surface area contributed by atoms with Gasteiger partial charge in [0, 0.05) is 27.5 Å². The summed E-state index contributed by atoms with van der Waals surface area (Å²) in [6.45, 7) is 7.91. The normalized spacial score (nSPS) is 18.2. The Morgan fingerprint density at radius 3 is 2.61 bits per heavy atom. The molecule has 0 spiro atoms. The molecule has 6 nitrogen and oxygen atoms in total. The fourth-order valence-corrected chi connectivity index (χ4v) is 4.97. The van der Waals surface area contributed by atoms with Crippen LogP contribution in [0.1, 0.15) is 46.6 Å². The predicted octanol–water partition coefficient (Wildman–Crippen LogP) is 3.87. The number of aromatic nitrogens is 3. The van der Waals surface area contributed by atoms with E-state index in [0.717, 1.165) is 33.2 Å². The molecule has 28 heavy (non-hydrogen) atoms. The van der Waals surface area contributed by atoms with E-state index in [0.29, 0.717) is 10.8 Å². The van der Waals surface area contributed by atoms with E-state index in [4.69, 9.17) is 16.6 Å². The Balaban J connectivity index is 2.10. The van der Waals surface area contributed by atoms with Gasteiger partial charge in [0.2, 0.25) is 5.82 Å². The van der Waals surface area contributed by atoms with Crippen molar-refractivity contribution in [3.8, 4) is 5.00 Å². The number of aryl methyl sites for hydroxylation is 2. The van der Waals surface area contributed by atoms with Crippen molar-refractivity contribution in [1.82, 2.24) is 10.2 Å². The quantitative estimate of drug-likeness (QED) is 0.637. The number of aliphatic carboxylic acids is 1. The summed E-state index contributed by atoms with van der Waals surface area (Å²) in [4.78, 5) is 17.9. The molecule has 1 unspecified atom stereocenters. The lowest BCUT2D eigenvalue weighted by Crippen LogP contribution is -2.42. The largest absolute Gasteiger partial charge is 0.481 e. The molecule has 8 heteroatoms. The topological polar surface area (TPSA) is 82.2 Å². The van der Waals surface area contributed by atoms with Gasteiger partial charge in [0.1, 0.15) is 0 Å². The molecule has 1 aromatic carbocycles. The standard InChI is InChI=1S/C20H19ClN4O2S/c1-10-11(2)28-18-16(10)17(13-5-7-14(21)8-6-13)22-20(4,9-15(26)27)19-24-23-12(3)25(18)19/h5-8H,9H2,1-4H3,(H,26,27)/p+1. The van der Waals surface area contributed by atoms with Crippen LogP contribution < -0.4 is 4.57 Å². The second-order valence-electron chi connectivity index (χ2n) is 7.24. The summed E-state index contributed by atoms with van der Waals surface area (Å²) in [6.07, 6.45) is -0.165. The van der Waals surface area contributed by atoms with Gasteiger partial charge in [-0.15, -0.1) is 16.4 Å². The van der Waals surface area contributed by atoms with Crippen molar-refractivity contribution in [2.45, 2.75) is 39.7 Å². The molecular weight excluding hydrogens is 396 g/mol. The number of aliphatic imine (C=N–C) groups is 1. The Bertz CT molecular complexity index is 1130. The maximum Gasteiger partial charge on any atom is 0.311 e. The molecule has 0 saturated heterocycles. The van der Waals surface area contributed by atoms with E-state index in [1.807, 2.05) is 42.7 Å². The number of thiophene rings is 1. The molecule has 3 aromatic rings. The van der Waals surface area contributed by atoms with Gasteiger partial charge in [-0.2, -0.15) is 4.57 Å². The molecule has 0 radical (unpaired) electrons. The highest BCUT2D eigenvalue weighted by atomic mass is 35.5. The predicted molar refractivity (Wildman–Crippen MR) is 109 cm³/mol. The lowest BCUT2D eigenvalue weighted by atomic mass is 9.95. The van der Waals surface area contributed by atoms with Crippen LogP contribution >= 0.6 is 22.9 Å². The van der Waals surface area contributed by atoms with Gasteiger partial charge in [0.25, 0.3) is 0 Å². The van der Waals surface area contributed by atoms with Gasteiger partial charge < -0.3 is 5.11 Å². The minimum absolute atomic E-state index is 0.165. The van der Waals surface area contributed by atoms with E-state index in [1.165, 1.54) is 4.88 Å². The molecule has 0 amide bonds. The summed E-state index contributed by atoms with van der Waals surface area (Å²) >= 11 is 7.75. The van der Waals surface area contributed by atoms with Crippen molar-refractivity contribution in [3.63, 3.8) is 0 Å². The minimum atomic E-state index is -1.02. The van der Waals surface area contributed by atoms with E-state index in [-0.39, 0.29) is 6.42 Å². The van der Waals surface area contributed by atoms with Gasteiger partial charge in [0.05, 0.1) is 17.7 Å². The molecule has 0 aliphatic carbocycles. The smallest absolute Gasteiger partial charge is 0.311 e. The highest BCUT2D eigenvalue weighted by Crippen LogP contribution is 2.38. The SMILES string of the molecule is Cc1sc2c(c1C)C(c1ccc(Cl)cc1)=NC(C)(CC(=O)O)c1n[nH]c(C)[n+]1-2.